The minimum atomic E-state index is -0.753. The van der Waals surface area contributed by atoms with E-state index in [1.807, 2.05) is 12.1 Å². The summed E-state index contributed by atoms with van der Waals surface area (Å²) in [5.41, 5.74) is 2.21. The molecule has 1 aromatic rings. The van der Waals surface area contributed by atoms with Gasteiger partial charge in [-0.15, -0.1) is 0 Å². The first kappa shape index (κ1) is 16.0. The molecule has 0 unspecified atom stereocenters. The van der Waals surface area contributed by atoms with E-state index >= 15 is 0 Å². The van der Waals surface area contributed by atoms with Crippen LogP contribution in [0.15, 0.2) is 37.1 Å². The largest absolute Gasteiger partial charge is 0.513 e. The van der Waals surface area contributed by atoms with Crippen molar-refractivity contribution in [3.63, 3.8) is 0 Å². The van der Waals surface area contributed by atoms with Gasteiger partial charge in [0, 0.05) is 18.5 Å². The molecule has 0 aromatic heterocycles. The Labute approximate surface area is 146 Å². The van der Waals surface area contributed by atoms with Crippen LogP contribution in [0.1, 0.15) is 24.0 Å². The van der Waals surface area contributed by atoms with E-state index in [1.54, 1.807) is 7.11 Å². The van der Waals surface area contributed by atoms with E-state index in [2.05, 4.69) is 28.8 Å². The molecule has 1 spiro atoms. The van der Waals surface area contributed by atoms with Crippen LogP contribution in [0.3, 0.4) is 0 Å². The van der Waals surface area contributed by atoms with Crippen LogP contribution in [0.2, 0.25) is 0 Å². The number of carbonyl (C=O) groups is 1. The molecular weight excluding hydrogens is 322 g/mol. The van der Waals surface area contributed by atoms with Crippen LogP contribution in [-0.2, 0) is 21.4 Å². The van der Waals surface area contributed by atoms with Crippen LogP contribution in [0.25, 0.3) is 0 Å². The molecule has 2 aliphatic heterocycles. The first-order valence-electron chi connectivity index (χ1n) is 8.43. The van der Waals surface area contributed by atoms with Gasteiger partial charge in [0.25, 0.3) is 0 Å². The standard InChI is InChI=1S/C19H21NO5/c1-3-23-18(21)24-13-6-7-19-8-9-20-11-12-4-5-14(22-2)17(16(12)19)25-15(19)10-13/h3-7,13,15,20H,1,8-11H2,2H3/t13-,15-,19-/m0/s1. The Hall–Kier alpha value is -2.47. The lowest BCUT2D eigenvalue weighted by Crippen LogP contribution is -2.43. The molecule has 0 amide bonds. The predicted molar refractivity (Wildman–Crippen MR) is 90.7 cm³/mol. The SMILES string of the molecule is C=COC(=O)O[C@H]1C=C[C@@]23CCNCc4ccc(OC)c(c42)O[C@H]3C1. The van der Waals surface area contributed by atoms with Crippen LogP contribution < -0.4 is 14.8 Å². The lowest BCUT2D eigenvalue weighted by molar-refractivity contribution is 0.0313. The minimum Gasteiger partial charge on any atom is -0.493 e. The molecule has 0 saturated heterocycles. The van der Waals surface area contributed by atoms with Crippen LogP contribution in [0.4, 0.5) is 4.79 Å². The fraction of sp³-hybridized carbons (Fsp3) is 0.421. The summed E-state index contributed by atoms with van der Waals surface area (Å²) in [6.07, 6.45) is 5.38. The molecule has 0 saturated carbocycles. The van der Waals surface area contributed by atoms with Gasteiger partial charge in [-0.2, -0.15) is 0 Å². The zero-order valence-electron chi connectivity index (χ0n) is 14.1. The van der Waals surface area contributed by atoms with Gasteiger partial charge < -0.3 is 24.3 Å². The summed E-state index contributed by atoms with van der Waals surface area (Å²) < 4.78 is 21.8. The van der Waals surface area contributed by atoms with Crippen molar-refractivity contribution in [3.8, 4) is 11.5 Å². The number of hydrogen-bond acceptors (Lipinski definition) is 6. The molecule has 2 heterocycles. The first-order valence-corrected chi connectivity index (χ1v) is 8.43. The van der Waals surface area contributed by atoms with E-state index in [1.165, 1.54) is 11.1 Å². The van der Waals surface area contributed by atoms with Crippen LogP contribution in [0.5, 0.6) is 11.5 Å². The van der Waals surface area contributed by atoms with Gasteiger partial charge in [-0.25, -0.2) is 4.79 Å². The number of hydrogen-bond donors (Lipinski definition) is 1. The Morgan fingerprint density at radius 2 is 2.36 bits per heavy atom. The van der Waals surface area contributed by atoms with Crippen LogP contribution >= 0.6 is 0 Å². The van der Waals surface area contributed by atoms with Crippen molar-refractivity contribution >= 4 is 6.16 Å². The number of nitrogens with one attached hydrogen (secondary N) is 1. The summed E-state index contributed by atoms with van der Waals surface area (Å²) in [5.74, 6) is 1.55. The van der Waals surface area contributed by atoms with Gasteiger partial charge in [0.1, 0.15) is 12.2 Å². The maximum absolute atomic E-state index is 11.6. The third-order valence-corrected chi connectivity index (χ3v) is 5.24. The molecule has 0 bridgehead atoms. The number of ether oxygens (including phenoxy) is 4. The van der Waals surface area contributed by atoms with Crippen molar-refractivity contribution in [3.05, 3.63) is 48.3 Å². The summed E-state index contributed by atoms with van der Waals surface area (Å²) in [5, 5.41) is 3.47. The normalized spacial score (nSPS) is 28.8. The molecule has 0 radical (unpaired) electrons. The molecule has 3 atom stereocenters. The molecule has 6 heteroatoms. The predicted octanol–water partition coefficient (Wildman–Crippen LogP) is 2.81. The van der Waals surface area contributed by atoms with Gasteiger partial charge in [0.05, 0.1) is 18.8 Å². The van der Waals surface area contributed by atoms with E-state index in [4.69, 9.17) is 14.2 Å². The van der Waals surface area contributed by atoms with Gasteiger partial charge in [0.2, 0.25) is 0 Å². The molecular formula is C19H21NO5. The Morgan fingerprint density at radius 3 is 3.16 bits per heavy atom. The fourth-order valence-corrected chi connectivity index (χ4v) is 4.16. The maximum atomic E-state index is 11.6. The van der Waals surface area contributed by atoms with Gasteiger partial charge in [-0.3, -0.25) is 0 Å². The Kier molecular flexibility index (Phi) is 3.92. The summed E-state index contributed by atoms with van der Waals surface area (Å²) in [6, 6.07) is 4.05. The highest BCUT2D eigenvalue weighted by Crippen LogP contribution is 2.55. The van der Waals surface area contributed by atoms with Crippen molar-refractivity contribution in [2.24, 2.45) is 0 Å². The maximum Gasteiger partial charge on any atom is 0.513 e. The highest BCUT2D eigenvalue weighted by Gasteiger charge is 2.52. The molecule has 1 aromatic carbocycles. The quantitative estimate of drug-likeness (QED) is 0.517. The van der Waals surface area contributed by atoms with Gasteiger partial charge in [-0.05, 0) is 30.7 Å². The van der Waals surface area contributed by atoms with Gasteiger partial charge >= 0.3 is 6.16 Å². The zero-order valence-corrected chi connectivity index (χ0v) is 14.1. The molecule has 0 fully saturated rings. The fourth-order valence-electron chi connectivity index (χ4n) is 4.16. The Morgan fingerprint density at radius 1 is 1.48 bits per heavy atom. The number of carbonyl (C=O) groups excluding carboxylic acids is 1. The molecule has 25 heavy (non-hydrogen) atoms. The van der Waals surface area contributed by atoms with E-state index in [9.17, 15) is 4.79 Å². The Balaban J connectivity index is 1.71. The average molecular weight is 343 g/mol. The zero-order chi connectivity index (χ0) is 17.4. The summed E-state index contributed by atoms with van der Waals surface area (Å²) >= 11 is 0. The van der Waals surface area contributed by atoms with Crippen molar-refractivity contribution < 1.29 is 23.7 Å². The van der Waals surface area contributed by atoms with Gasteiger partial charge in [0.15, 0.2) is 11.5 Å². The molecule has 3 aliphatic rings. The molecule has 1 N–H and O–H groups in total. The van der Waals surface area contributed by atoms with E-state index < -0.39 is 6.16 Å². The molecule has 1 aliphatic carbocycles. The highest BCUT2D eigenvalue weighted by atomic mass is 16.7. The third-order valence-electron chi connectivity index (χ3n) is 5.24. The number of benzene rings is 1. The second-order valence-electron chi connectivity index (χ2n) is 6.49. The second kappa shape index (κ2) is 6.11. The summed E-state index contributed by atoms with van der Waals surface area (Å²) in [6.45, 7) is 5.06. The third kappa shape index (κ3) is 2.48. The van der Waals surface area contributed by atoms with Gasteiger partial charge in [-0.1, -0.05) is 18.7 Å². The summed E-state index contributed by atoms with van der Waals surface area (Å²) in [7, 11) is 1.65. The second-order valence-corrected chi connectivity index (χ2v) is 6.49. The molecule has 4 rings (SSSR count). The van der Waals surface area contributed by atoms with Crippen LogP contribution in [-0.4, -0.2) is 32.0 Å². The Bertz CT molecular complexity index is 744. The minimum absolute atomic E-state index is 0.107. The summed E-state index contributed by atoms with van der Waals surface area (Å²) in [4.78, 5) is 11.6. The highest BCUT2D eigenvalue weighted by molar-refractivity contribution is 5.62. The lowest BCUT2D eigenvalue weighted by Gasteiger charge is -2.36. The number of methoxy groups -OCH3 is 1. The molecule has 132 valence electrons. The first-order chi connectivity index (χ1) is 12.2. The van der Waals surface area contributed by atoms with E-state index in [0.717, 1.165) is 37.3 Å². The topological polar surface area (TPSA) is 66.0 Å². The van der Waals surface area contributed by atoms with Crippen molar-refractivity contribution in [1.29, 1.82) is 0 Å². The molecule has 6 nitrogen and oxygen atoms in total. The van der Waals surface area contributed by atoms with Crippen molar-refractivity contribution in [1.82, 2.24) is 5.32 Å². The van der Waals surface area contributed by atoms with E-state index in [0.29, 0.717) is 6.42 Å². The monoisotopic (exact) mass is 343 g/mol. The number of rotatable bonds is 3. The van der Waals surface area contributed by atoms with Crippen LogP contribution in [0, 0.1) is 0 Å². The van der Waals surface area contributed by atoms with E-state index in [-0.39, 0.29) is 17.6 Å². The smallest absolute Gasteiger partial charge is 0.493 e. The van der Waals surface area contributed by atoms with Crippen molar-refractivity contribution in [2.45, 2.75) is 37.0 Å². The average Bonchev–Trinajstić information content (AvgIpc) is 2.82. The van der Waals surface area contributed by atoms with Crippen molar-refractivity contribution in [2.75, 3.05) is 13.7 Å². The lowest BCUT2D eigenvalue weighted by atomic mass is 9.69.